The average molecular weight is 424 g/mol. The summed E-state index contributed by atoms with van der Waals surface area (Å²) >= 11 is 0. The van der Waals surface area contributed by atoms with Crippen LogP contribution in [0, 0.1) is 10.1 Å². The lowest BCUT2D eigenvalue weighted by atomic mass is 9.98. The number of imidazole rings is 1. The molecule has 10 nitrogen and oxygen atoms in total. The number of aliphatic hydroxyl groups excluding tert-OH is 2. The Kier molecular flexibility index (Phi) is 5.65. The summed E-state index contributed by atoms with van der Waals surface area (Å²) in [5.74, 6) is -0.684. The number of aromatic nitrogens is 2. The maximum absolute atomic E-state index is 12.1. The van der Waals surface area contributed by atoms with Gasteiger partial charge >= 0.3 is 11.9 Å². The normalized spacial score (nSPS) is 14.4. The van der Waals surface area contributed by atoms with Crippen molar-refractivity contribution in [2.45, 2.75) is 18.1 Å². The number of carbonyl (C=O) groups excluding carboxylic acids is 1. The number of nitrogens with zero attached hydrogens (tertiary/aromatic N) is 2. The van der Waals surface area contributed by atoms with Gasteiger partial charge in [-0.15, -0.1) is 0 Å². The summed E-state index contributed by atoms with van der Waals surface area (Å²) in [4.78, 5) is 28.1. The maximum atomic E-state index is 12.1. The van der Waals surface area contributed by atoms with Gasteiger partial charge in [0.2, 0.25) is 5.82 Å². The zero-order chi connectivity index (χ0) is 22.0. The predicted octanol–water partition coefficient (Wildman–Crippen LogP) is 2.25. The Morgan fingerprint density at radius 3 is 2.35 bits per heavy atom. The number of amides is 1. The first-order valence-electron chi connectivity index (χ1n) is 9.60. The molecule has 1 aliphatic rings. The van der Waals surface area contributed by atoms with E-state index >= 15 is 0 Å². The Bertz CT molecular complexity index is 1070. The summed E-state index contributed by atoms with van der Waals surface area (Å²) in [5, 5.41) is 33.2. The van der Waals surface area contributed by atoms with Crippen molar-refractivity contribution in [3.8, 4) is 11.1 Å². The molecule has 2 aromatic carbocycles. The molecule has 4 rings (SSSR count). The van der Waals surface area contributed by atoms with Crippen LogP contribution in [0.1, 0.15) is 29.0 Å². The molecule has 160 valence electrons. The zero-order valence-corrected chi connectivity index (χ0v) is 16.3. The molecular formula is C21H20N4O6. The van der Waals surface area contributed by atoms with Crippen molar-refractivity contribution in [1.29, 1.82) is 0 Å². The number of hydrogen-bond donors (Lipinski definition) is 4. The van der Waals surface area contributed by atoms with E-state index < -0.39 is 29.0 Å². The van der Waals surface area contributed by atoms with E-state index in [1.807, 2.05) is 48.5 Å². The topological polar surface area (TPSA) is 151 Å². The molecule has 1 heterocycles. The second kappa shape index (κ2) is 8.54. The minimum absolute atomic E-state index is 0.0997. The lowest BCUT2D eigenvalue weighted by Gasteiger charge is -2.17. The summed E-state index contributed by atoms with van der Waals surface area (Å²) in [6.07, 6.45) is -2.79. The van der Waals surface area contributed by atoms with Gasteiger partial charge in [0.05, 0.1) is 0 Å². The molecule has 3 aromatic rings. The smallest absolute Gasteiger partial charge is 0.407 e. The maximum Gasteiger partial charge on any atom is 0.407 e. The van der Waals surface area contributed by atoms with Gasteiger partial charge in [-0.05, 0) is 27.2 Å². The molecule has 0 radical (unpaired) electrons. The van der Waals surface area contributed by atoms with Crippen molar-refractivity contribution >= 4 is 11.9 Å². The predicted molar refractivity (Wildman–Crippen MR) is 109 cm³/mol. The molecule has 0 saturated carbocycles. The van der Waals surface area contributed by atoms with Crippen LogP contribution in [-0.2, 0) is 4.74 Å². The molecule has 1 amide bonds. The second-order valence-electron chi connectivity index (χ2n) is 7.13. The molecule has 0 saturated heterocycles. The van der Waals surface area contributed by atoms with Gasteiger partial charge in [-0.1, -0.05) is 48.5 Å². The third-order valence-electron chi connectivity index (χ3n) is 5.22. The summed E-state index contributed by atoms with van der Waals surface area (Å²) < 4.78 is 5.36. The molecule has 0 aliphatic heterocycles. The number of rotatable bonds is 7. The fourth-order valence-electron chi connectivity index (χ4n) is 3.70. The Balaban J connectivity index is 1.33. The highest BCUT2D eigenvalue weighted by atomic mass is 16.6. The van der Waals surface area contributed by atoms with Crippen LogP contribution < -0.4 is 5.32 Å². The van der Waals surface area contributed by atoms with E-state index in [1.165, 1.54) is 0 Å². The molecule has 0 fully saturated rings. The van der Waals surface area contributed by atoms with Crippen molar-refractivity contribution in [3.05, 3.63) is 81.8 Å². The number of fused-ring (bicyclic) bond motifs is 3. The number of nitrogens with one attached hydrogen (secondary N) is 2. The highest BCUT2D eigenvalue weighted by Gasteiger charge is 2.29. The monoisotopic (exact) mass is 424 g/mol. The largest absolute Gasteiger partial charge is 0.449 e. The quantitative estimate of drug-likeness (QED) is 0.335. The fourth-order valence-corrected chi connectivity index (χ4v) is 3.70. The zero-order valence-electron chi connectivity index (χ0n) is 16.3. The molecule has 0 spiro atoms. The second-order valence-corrected chi connectivity index (χ2v) is 7.13. The molecule has 1 aromatic heterocycles. The lowest BCUT2D eigenvalue weighted by molar-refractivity contribution is -0.389. The number of nitro groups is 1. The Morgan fingerprint density at radius 2 is 1.77 bits per heavy atom. The van der Waals surface area contributed by atoms with Crippen LogP contribution in [0.2, 0.25) is 0 Å². The Morgan fingerprint density at radius 1 is 1.16 bits per heavy atom. The van der Waals surface area contributed by atoms with E-state index in [4.69, 9.17) is 4.74 Å². The Hall–Kier alpha value is -3.76. The van der Waals surface area contributed by atoms with E-state index in [2.05, 4.69) is 15.3 Å². The van der Waals surface area contributed by atoms with Gasteiger partial charge in [-0.3, -0.25) is 0 Å². The number of hydrogen-bond acceptors (Lipinski definition) is 7. The van der Waals surface area contributed by atoms with Gasteiger partial charge in [-0.2, -0.15) is 0 Å². The minimum atomic E-state index is -1.54. The van der Waals surface area contributed by atoms with Crippen LogP contribution in [0.3, 0.4) is 0 Å². The highest BCUT2D eigenvalue weighted by molar-refractivity contribution is 5.79. The van der Waals surface area contributed by atoms with Crippen molar-refractivity contribution in [1.82, 2.24) is 15.3 Å². The molecule has 1 aliphatic carbocycles. The van der Waals surface area contributed by atoms with Crippen LogP contribution >= 0.6 is 0 Å². The van der Waals surface area contributed by atoms with Crippen LogP contribution in [0.4, 0.5) is 10.6 Å². The minimum Gasteiger partial charge on any atom is -0.449 e. The molecule has 0 bridgehead atoms. The number of benzene rings is 2. The number of ether oxygens (including phenoxy) is 1. The van der Waals surface area contributed by atoms with Gasteiger partial charge in [0.1, 0.15) is 18.9 Å². The van der Waals surface area contributed by atoms with E-state index in [9.17, 15) is 25.1 Å². The van der Waals surface area contributed by atoms with E-state index in [-0.39, 0.29) is 24.9 Å². The van der Waals surface area contributed by atoms with Gasteiger partial charge in [0, 0.05) is 12.5 Å². The number of aliphatic hydroxyl groups is 2. The molecule has 2 atom stereocenters. The van der Waals surface area contributed by atoms with E-state index in [0.717, 1.165) is 28.5 Å². The Labute approximate surface area is 176 Å². The summed E-state index contributed by atoms with van der Waals surface area (Å²) in [6, 6.07) is 15.9. The van der Waals surface area contributed by atoms with Crippen LogP contribution in [-0.4, -0.2) is 50.5 Å². The molecule has 31 heavy (non-hydrogen) atoms. The number of carbonyl (C=O) groups is 1. The van der Waals surface area contributed by atoms with Crippen molar-refractivity contribution in [2.24, 2.45) is 0 Å². The van der Waals surface area contributed by atoms with E-state index in [0.29, 0.717) is 0 Å². The van der Waals surface area contributed by atoms with Crippen molar-refractivity contribution < 1.29 is 24.7 Å². The lowest BCUT2D eigenvalue weighted by Crippen LogP contribution is -2.36. The fraction of sp³-hybridized carbons (Fsp3) is 0.238. The summed E-state index contributed by atoms with van der Waals surface area (Å²) in [6.45, 7) is -0.213. The van der Waals surface area contributed by atoms with E-state index in [1.54, 1.807) is 0 Å². The van der Waals surface area contributed by atoms with Gasteiger partial charge in [0.25, 0.3) is 0 Å². The SMILES string of the molecule is O=C(NCC(O)C(O)c1ncc([N+](=O)[O-])[nH]1)OCC1c2ccccc2-c2ccccc21. The first kappa shape index (κ1) is 20.5. The third kappa shape index (κ3) is 4.11. The third-order valence-corrected chi connectivity index (χ3v) is 5.22. The summed E-state index contributed by atoms with van der Waals surface area (Å²) in [5.41, 5.74) is 4.37. The van der Waals surface area contributed by atoms with Crippen molar-refractivity contribution in [3.63, 3.8) is 0 Å². The van der Waals surface area contributed by atoms with Gasteiger partial charge < -0.3 is 30.4 Å². The molecular weight excluding hydrogens is 404 g/mol. The van der Waals surface area contributed by atoms with Crippen molar-refractivity contribution in [2.75, 3.05) is 13.2 Å². The number of alkyl carbamates (subject to hydrolysis) is 1. The number of H-pyrrole nitrogens is 1. The van der Waals surface area contributed by atoms with Gasteiger partial charge in [0.15, 0.2) is 6.10 Å². The molecule has 10 heteroatoms. The standard InChI is InChI=1S/C21H20N4O6/c26-17(19(27)20-22-10-18(24-20)25(29)30)9-23-21(28)31-11-16-14-7-3-1-5-12(14)13-6-2-4-8-15(13)16/h1-8,10,16-17,19,26-27H,9,11H2,(H,22,24)(H,23,28). The highest BCUT2D eigenvalue weighted by Crippen LogP contribution is 2.44. The molecule has 4 N–H and O–H groups in total. The van der Waals surface area contributed by atoms with Crippen LogP contribution in [0.5, 0.6) is 0 Å². The van der Waals surface area contributed by atoms with Crippen LogP contribution in [0.15, 0.2) is 54.7 Å². The van der Waals surface area contributed by atoms with Crippen LogP contribution in [0.25, 0.3) is 11.1 Å². The number of aromatic amines is 1. The molecule has 2 unspecified atom stereocenters. The average Bonchev–Trinajstić information content (AvgIpc) is 3.39. The first-order valence-corrected chi connectivity index (χ1v) is 9.60. The summed E-state index contributed by atoms with van der Waals surface area (Å²) in [7, 11) is 0. The first-order chi connectivity index (χ1) is 15.0. The van der Waals surface area contributed by atoms with Gasteiger partial charge in [-0.25, -0.2) is 14.8 Å².